The number of aryl methyl sites for hydroxylation is 1. The zero-order valence-electron chi connectivity index (χ0n) is 11.0. The molecule has 0 aromatic carbocycles. The molecule has 4 nitrogen and oxygen atoms in total. The second kappa shape index (κ2) is 5.78. The van der Waals surface area contributed by atoms with Crippen molar-refractivity contribution < 1.29 is 0 Å². The summed E-state index contributed by atoms with van der Waals surface area (Å²) in [6.45, 7) is 4.18. The van der Waals surface area contributed by atoms with Gasteiger partial charge in [0.2, 0.25) is 0 Å². The van der Waals surface area contributed by atoms with Gasteiger partial charge in [-0.15, -0.1) is 0 Å². The predicted octanol–water partition coefficient (Wildman–Crippen LogP) is 2.17. The summed E-state index contributed by atoms with van der Waals surface area (Å²) >= 11 is 0. The van der Waals surface area contributed by atoms with Crippen molar-refractivity contribution in [2.45, 2.75) is 38.8 Å². The molecule has 0 saturated heterocycles. The average Bonchev–Trinajstić information content (AvgIpc) is 2.79. The number of hydrogen-bond donors (Lipinski definition) is 1. The summed E-state index contributed by atoms with van der Waals surface area (Å²) in [7, 11) is 0. The van der Waals surface area contributed by atoms with Crippen molar-refractivity contribution in [3.63, 3.8) is 0 Å². The molecule has 18 heavy (non-hydrogen) atoms. The molecule has 4 heteroatoms. The Morgan fingerprint density at radius 2 is 2.22 bits per heavy atom. The van der Waals surface area contributed by atoms with E-state index in [0.29, 0.717) is 0 Å². The maximum Gasteiger partial charge on any atom is 0.109 e. The van der Waals surface area contributed by atoms with Crippen LogP contribution in [0.15, 0.2) is 36.9 Å². The first-order valence-corrected chi connectivity index (χ1v) is 6.41. The molecule has 2 heterocycles. The fraction of sp³-hybridized carbons (Fsp3) is 0.429. The van der Waals surface area contributed by atoms with Gasteiger partial charge in [-0.1, -0.05) is 13.0 Å². The molecule has 0 fully saturated rings. The van der Waals surface area contributed by atoms with Crippen LogP contribution in [0, 0.1) is 0 Å². The lowest BCUT2D eigenvalue weighted by Crippen LogP contribution is -2.31. The van der Waals surface area contributed by atoms with Gasteiger partial charge in [0, 0.05) is 37.3 Å². The van der Waals surface area contributed by atoms with Gasteiger partial charge in [-0.05, 0) is 25.0 Å². The number of pyridine rings is 1. The number of nitrogens with zero attached hydrogens (tertiary/aromatic N) is 3. The van der Waals surface area contributed by atoms with Crippen LogP contribution >= 0.6 is 0 Å². The molecule has 2 N–H and O–H groups in total. The van der Waals surface area contributed by atoms with Crippen LogP contribution in [0.2, 0.25) is 0 Å². The Hall–Kier alpha value is -1.68. The lowest BCUT2D eigenvalue weighted by atomic mass is 10.0. The van der Waals surface area contributed by atoms with Crippen LogP contribution in [0.1, 0.15) is 37.7 Å². The predicted molar refractivity (Wildman–Crippen MR) is 72.2 cm³/mol. The van der Waals surface area contributed by atoms with Crippen LogP contribution < -0.4 is 5.73 Å². The van der Waals surface area contributed by atoms with Crippen LogP contribution in [0.3, 0.4) is 0 Å². The van der Waals surface area contributed by atoms with E-state index in [1.165, 1.54) is 0 Å². The van der Waals surface area contributed by atoms with Gasteiger partial charge in [0.05, 0.1) is 6.04 Å². The fourth-order valence-corrected chi connectivity index (χ4v) is 2.28. The molecule has 2 atom stereocenters. The number of aromatic nitrogens is 3. The first-order valence-electron chi connectivity index (χ1n) is 6.41. The topological polar surface area (TPSA) is 56.7 Å². The van der Waals surface area contributed by atoms with Crippen LogP contribution in [-0.2, 0) is 6.42 Å². The van der Waals surface area contributed by atoms with E-state index in [1.54, 1.807) is 6.20 Å². The van der Waals surface area contributed by atoms with Gasteiger partial charge in [-0.2, -0.15) is 0 Å². The number of nitrogens with two attached hydrogens (primary N) is 1. The van der Waals surface area contributed by atoms with Crippen LogP contribution in [-0.4, -0.2) is 20.6 Å². The molecule has 2 aromatic heterocycles. The van der Waals surface area contributed by atoms with Crippen molar-refractivity contribution in [1.82, 2.24) is 14.5 Å². The summed E-state index contributed by atoms with van der Waals surface area (Å²) in [5, 5.41) is 0. The smallest absolute Gasteiger partial charge is 0.109 e. The minimum atomic E-state index is 0.0130. The van der Waals surface area contributed by atoms with Gasteiger partial charge < -0.3 is 10.3 Å². The van der Waals surface area contributed by atoms with Crippen molar-refractivity contribution in [3.8, 4) is 0 Å². The number of rotatable bonds is 5. The number of imidazole rings is 1. The van der Waals surface area contributed by atoms with E-state index in [-0.39, 0.29) is 12.1 Å². The van der Waals surface area contributed by atoms with Gasteiger partial charge in [0.15, 0.2) is 0 Å². The number of hydrogen-bond acceptors (Lipinski definition) is 3. The van der Waals surface area contributed by atoms with Gasteiger partial charge in [-0.25, -0.2) is 4.98 Å². The highest BCUT2D eigenvalue weighted by Crippen LogP contribution is 2.22. The first-order chi connectivity index (χ1) is 8.74. The van der Waals surface area contributed by atoms with Crippen LogP contribution in [0.4, 0.5) is 0 Å². The third-order valence-electron chi connectivity index (χ3n) is 3.05. The molecule has 0 saturated carbocycles. The molecule has 96 valence electrons. The van der Waals surface area contributed by atoms with Crippen molar-refractivity contribution in [2.75, 3.05) is 0 Å². The molecule has 0 bridgehead atoms. The largest absolute Gasteiger partial charge is 0.326 e. The zero-order chi connectivity index (χ0) is 13.0. The van der Waals surface area contributed by atoms with Crippen molar-refractivity contribution >= 4 is 0 Å². The third-order valence-corrected chi connectivity index (χ3v) is 3.05. The molecule has 2 rings (SSSR count). The molecule has 0 aliphatic heterocycles. The summed E-state index contributed by atoms with van der Waals surface area (Å²) in [5.74, 6) is 1.09. The quantitative estimate of drug-likeness (QED) is 0.877. The molecule has 0 aliphatic carbocycles. The molecular formula is C14H20N4. The summed E-state index contributed by atoms with van der Waals surface area (Å²) < 4.78 is 2.17. The van der Waals surface area contributed by atoms with Gasteiger partial charge >= 0.3 is 0 Å². The van der Waals surface area contributed by atoms with Crippen molar-refractivity contribution in [2.24, 2.45) is 5.73 Å². The summed E-state index contributed by atoms with van der Waals surface area (Å²) in [5.41, 5.74) is 7.28. The first kappa shape index (κ1) is 12.8. The Morgan fingerprint density at radius 3 is 2.83 bits per heavy atom. The normalized spacial score (nSPS) is 14.4. The maximum absolute atomic E-state index is 6.15. The van der Waals surface area contributed by atoms with Gasteiger partial charge in [0.25, 0.3) is 0 Å². The summed E-state index contributed by atoms with van der Waals surface area (Å²) in [6, 6.07) is 4.12. The minimum absolute atomic E-state index is 0.0130. The molecule has 2 unspecified atom stereocenters. The molecular weight excluding hydrogens is 224 g/mol. The Kier molecular flexibility index (Phi) is 4.10. The van der Waals surface area contributed by atoms with Crippen molar-refractivity contribution in [1.29, 1.82) is 0 Å². The highest BCUT2D eigenvalue weighted by Gasteiger charge is 2.20. The van der Waals surface area contributed by atoms with E-state index < -0.39 is 0 Å². The second-order valence-electron chi connectivity index (χ2n) is 4.59. The molecule has 0 spiro atoms. The average molecular weight is 244 g/mol. The van der Waals surface area contributed by atoms with E-state index in [9.17, 15) is 0 Å². The molecule has 0 aliphatic rings. The van der Waals surface area contributed by atoms with Crippen LogP contribution in [0.5, 0.6) is 0 Å². The Bertz CT molecular complexity index is 476. The maximum atomic E-state index is 6.15. The zero-order valence-corrected chi connectivity index (χ0v) is 11.0. The molecule has 0 amide bonds. The Labute approximate surface area is 108 Å². The Morgan fingerprint density at radius 1 is 1.39 bits per heavy atom. The van der Waals surface area contributed by atoms with E-state index >= 15 is 0 Å². The SMILES string of the molecule is CCCc1nccn1C(c1cccnc1)C(C)N. The monoisotopic (exact) mass is 244 g/mol. The second-order valence-corrected chi connectivity index (χ2v) is 4.59. The minimum Gasteiger partial charge on any atom is -0.326 e. The fourth-order valence-electron chi connectivity index (χ4n) is 2.28. The molecule has 2 aromatic rings. The van der Waals surface area contributed by atoms with E-state index in [1.807, 2.05) is 31.6 Å². The van der Waals surface area contributed by atoms with Gasteiger partial charge in [0.1, 0.15) is 5.82 Å². The lowest BCUT2D eigenvalue weighted by Gasteiger charge is -2.24. The molecule has 0 radical (unpaired) electrons. The van der Waals surface area contributed by atoms with Gasteiger partial charge in [-0.3, -0.25) is 4.98 Å². The highest BCUT2D eigenvalue weighted by atomic mass is 15.1. The third kappa shape index (κ3) is 2.59. The summed E-state index contributed by atoms with van der Waals surface area (Å²) in [6.07, 6.45) is 9.56. The summed E-state index contributed by atoms with van der Waals surface area (Å²) in [4.78, 5) is 8.61. The highest BCUT2D eigenvalue weighted by molar-refractivity contribution is 5.18. The van der Waals surface area contributed by atoms with Crippen molar-refractivity contribution in [3.05, 3.63) is 48.3 Å². The van der Waals surface area contributed by atoms with E-state index in [2.05, 4.69) is 27.5 Å². The lowest BCUT2D eigenvalue weighted by molar-refractivity contribution is 0.477. The van der Waals surface area contributed by atoms with Crippen LogP contribution in [0.25, 0.3) is 0 Å². The standard InChI is InChI=1S/C14H20N4/c1-3-5-13-17-8-9-18(13)14(11(2)15)12-6-4-7-16-10-12/h4,6-11,14H,3,5,15H2,1-2H3. The van der Waals surface area contributed by atoms with E-state index in [4.69, 9.17) is 5.73 Å². The Balaban J connectivity index is 2.39. The van der Waals surface area contributed by atoms with E-state index in [0.717, 1.165) is 24.2 Å².